The summed E-state index contributed by atoms with van der Waals surface area (Å²) < 4.78 is 0.991. The van der Waals surface area contributed by atoms with Crippen LogP contribution in [-0.4, -0.2) is 23.1 Å². The molecule has 0 aliphatic heterocycles. The number of hydrogen-bond donors (Lipinski definition) is 1. The van der Waals surface area contributed by atoms with Gasteiger partial charge >= 0.3 is 6.09 Å². The number of hydrogen-bond acceptors (Lipinski definition) is 1. The van der Waals surface area contributed by atoms with Crippen molar-refractivity contribution >= 4 is 22.0 Å². The quantitative estimate of drug-likeness (QED) is 0.897. The molecule has 1 fully saturated rings. The van der Waals surface area contributed by atoms with Crippen LogP contribution >= 0.6 is 15.9 Å². The molecule has 1 amide bonds. The van der Waals surface area contributed by atoms with E-state index in [-0.39, 0.29) is 5.54 Å². The third-order valence-corrected chi connectivity index (χ3v) is 3.51. The summed E-state index contributed by atoms with van der Waals surface area (Å²) in [4.78, 5) is 12.4. The number of carboxylic acid groups (broad SMARTS) is 1. The zero-order chi connectivity index (χ0) is 11.1. The summed E-state index contributed by atoms with van der Waals surface area (Å²) in [5.41, 5.74) is 0.789. The molecule has 1 aliphatic rings. The molecule has 0 bridgehead atoms. The molecule has 1 aromatic carbocycles. The predicted molar refractivity (Wildman–Crippen MR) is 60.8 cm³/mol. The summed E-state index contributed by atoms with van der Waals surface area (Å²) in [5.74, 6) is 0. The van der Waals surface area contributed by atoms with E-state index < -0.39 is 6.09 Å². The highest BCUT2D eigenvalue weighted by molar-refractivity contribution is 9.10. The lowest BCUT2D eigenvalue weighted by Gasteiger charge is -2.25. The molecule has 1 saturated carbocycles. The van der Waals surface area contributed by atoms with Crippen molar-refractivity contribution < 1.29 is 9.90 Å². The van der Waals surface area contributed by atoms with Crippen molar-refractivity contribution in [1.29, 1.82) is 0 Å². The van der Waals surface area contributed by atoms with E-state index in [0.717, 1.165) is 22.9 Å². The van der Waals surface area contributed by atoms with E-state index in [9.17, 15) is 4.79 Å². The van der Waals surface area contributed by atoms with Crippen LogP contribution < -0.4 is 0 Å². The van der Waals surface area contributed by atoms with Gasteiger partial charge in [-0.3, -0.25) is 0 Å². The van der Waals surface area contributed by atoms with Gasteiger partial charge in [0.1, 0.15) is 0 Å². The number of amides is 1. The average molecular weight is 270 g/mol. The van der Waals surface area contributed by atoms with Crippen molar-refractivity contribution in [2.75, 3.05) is 7.05 Å². The maximum absolute atomic E-state index is 11.0. The molecule has 0 radical (unpaired) electrons. The van der Waals surface area contributed by atoms with E-state index in [2.05, 4.69) is 15.9 Å². The molecule has 15 heavy (non-hydrogen) atoms. The van der Waals surface area contributed by atoms with Gasteiger partial charge in [-0.25, -0.2) is 4.79 Å². The lowest BCUT2D eigenvalue weighted by atomic mass is 10.0. The minimum atomic E-state index is -0.868. The molecule has 1 N–H and O–H groups in total. The molecule has 0 spiro atoms. The van der Waals surface area contributed by atoms with E-state index in [1.165, 1.54) is 4.90 Å². The van der Waals surface area contributed by atoms with Crippen LogP contribution in [0.2, 0.25) is 0 Å². The van der Waals surface area contributed by atoms with Crippen molar-refractivity contribution in [1.82, 2.24) is 4.90 Å². The van der Waals surface area contributed by atoms with Gasteiger partial charge in [-0.1, -0.05) is 28.1 Å². The van der Waals surface area contributed by atoms with Crippen molar-refractivity contribution in [3.63, 3.8) is 0 Å². The van der Waals surface area contributed by atoms with Crippen molar-refractivity contribution in [3.8, 4) is 0 Å². The summed E-state index contributed by atoms with van der Waals surface area (Å²) >= 11 is 3.40. The van der Waals surface area contributed by atoms with Gasteiger partial charge in [0.2, 0.25) is 0 Å². The fourth-order valence-corrected chi connectivity index (χ4v) is 2.30. The zero-order valence-corrected chi connectivity index (χ0v) is 9.99. The van der Waals surface area contributed by atoms with Gasteiger partial charge in [0, 0.05) is 11.5 Å². The third-order valence-electron chi connectivity index (χ3n) is 3.01. The molecule has 0 aromatic heterocycles. The molecule has 0 unspecified atom stereocenters. The highest BCUT2D eigenvalue weighted by atomic mass is 79.9. The van der Waals surface area contributed by atoms with Crippen molar-refractivity contribution in [2.24, 2.45) is 0 Å². The maximum atomic E-state index is 11.0. The Bertz CT molecular complexity index is 401. The number of carbonyl (C=O) groups is 1. The van der Waals surface area contributed by atoms with Crippen molar-refractivity contribution in [2.45, 2.75) is 18.4 Å². The zero-order valence-electron chi connectivity index (χ0n) is 8.40. The van der Waals surface area contributed by atoms with Gasteiger partial charge < -0.3 is 10.0 Å². The number of nitrogens with zero attached hydrogens (tertiary/aromatic N) is 1. The monoisotopic (exact) mass is 269 g/mol. The van der Waals surface area contributed by atoms with Gasteiger partial charge in [-0.15, -0.1) is 0 Å². The first kappa shape index (κ1) is 10.5. The summed E-state index contributed by atoms with van der Waals surface area (Å²) in [5, 5.41) is 9.00. The van der Waals surface area contributed by atoms with Gasteiger partial charge in [-0.05, 0) is 30.5 Å². The van der Waals surface area contributed by atoms with E-state index in [0.29, 0.717) is 0 Å². The summed E-state index contributed by atoms with van der Waals surface area (Å²) in [7, 11) is 1.64. The van der Waals surface area contributed by atoms with Crippen LogP contribution in [0.15, 0.2) is 28.7 Å². The second-order valence-corrected chi connectivity index (χ2v) is 4.80. The lowest BCUT2D eigenvalue weighted by Crippen LogP contribution is -2.35. The van der Waals surface area contributed by atoms with Gasteiger partial charge in [0.25, 0.3) is 0 Å². The molecule has 80 valence electrons. The average Bonchev–Trinajstić information content (AvgIpc) is 2.97. The first-order chi connectivity index (χ1) is 7.06. The fourth-order valence-electron chi connectivity index (χ4n) is 1.90. The second kappa shape index (κ2) is 3.52. The molecule has 1 aliphatic carbocycles. The Balaban J connectivity index is 2.34. The Hall–Kier alpha value is -1.03. The Labute approximate surface area is 96.8 Å². The predicted octanol–water partition coefficient (Wildman–Crippen LogP) is 3.05. The highest BCUT2D eigenvalue weighted by Crippen LogP contribution is 2.50. The van der Waals surface area contributed by atoms with Gasteiger partial charge in [0.05, 0.1) is 5.54 Å². The van der Waals surface area contributed by atoms with Crippen molar-refractivity contribution in [3.05, 3.63) is 34.3 Å². The molecule has 0 heterocycles. The van der Waals surface area contributed by atoms with Crippen LogP contribution in [0.4, 0.5) is 4.79 Å². The van der Waals surface area contributed by atoms with Gasteiger partial charge in [-0.2, -0.15) is 0 Å². The Morgan fingerprint density at radius 1 is 1.53 bits per heavy atom. The normalized spacial score (nSPS) is 17.2. The third kappa shape index (κ3) is 1.74. The second-order valence-electron chi connectivity index (χ2n) is 3.88. The molecular formula is C11H12BrNO2. The SMILES string of the molecule is CN(C(=O)O)C1(c2cccc(Br)c2)CC1. The Morgan fingerprint density at radius 2 is 2.20 bits per heavy atom. The Kier molecular flexibility index (Phi) is 2.46. The van der Waals surface area contributed by atoms with Crippen LogP contribution in [0.1, 0.15) is 18.4 Å². The molecule has 4 heteroatoms. The van der Waals surface area contributed by atoms with E-state index in [1.807, 2.05) is 24.3 Å². The summed E-state index contributed by atoms with van der Waals surface area (Å²) in [6.07, 6.45) is 0.950. The van der Waals surface area contributed by atoms with E-state index in [4.69, 9.17) is 5.11 Å². The first-order valence-electron chi connectivity index (χ1n) is 4.79. The Morgan fingerprint density at radius 3 is 2.67 bits per heavy atom. The summed E-state index contributed by atoms with van der Waals surface area (Å²) in [6, 6.07) is 7.86. The largest absolute Gasteiger partial charge is 0.465 e. The summed E-state index contributed by atoms with van der Waals surface area (Å²) in [6.45, 7) is 0. The number of benzene rings is 1. The minimum Gasteiger partial charge on any atom is -0.465 e. The molecule has 2 rings (SSSR count). The molecule has 0 atom stereocenters. The maximum Gasteiger partial charge on any atom is 0.407 e. The highest BCUT2D eigenvalue weighted by Gasteiger charge is 2.50. The number of rotatable bonds is 2. The van der Waals surface area contributed by atoms with Crippen LogP contribution in [0.3, 0.4) is 0 Å². The van der Waals surface area contributed by atoms with Crippen LogP contribution in [0, 0.1) is 0 Å². The standard InChI is InChI=1S/C11H12BrNO2/c1-13(10(14)15)11(5-6-11)8-3-2-4-9(12)7-8/h2-4,7H,5-6H2,1H3,(H,14,15). The topological polar surface area (TPSA) is 40.5 Å². The van der Waals surface area contributed by atoms with Gasteiger partial charge in [0.15, 0.2) is 0 Å². The number of halogens is 1. The molecule has 3 nitrogen and oxygen atoms in total. The lowest BCUT2D eigenvalue weighted by molar-refractivity contribution is 0.132. The smallest absolute Gasteiger partial charge is 0.407 e. The molecule has 1 aromatic rings. The van der Waals surface area contributed by atoms with E-state index in [1.54, 1.807) is 7.05 Å². The van der Waals surface area contributed by atoms with E-state index >= 15 is 0 Å². The first-order valence-corrected chi connectivity index (χ1v) is 5.58. The van der Waals surface area contributed by atoms with Crippen LogP contribution in [0.5, 0.6) is 0 Å². The fraction of sp³-hybridized carbons (Fsp3) is 0.364. The van der Waals surface area contributed by atoms with Crippen LogP contribution in [-0.2, 0) is 5.54 Å². The molecular weight excluding hydrogens is 258 g/mol. The minimum absolute atomic E-state index is 0.282. The van der Waals surface area contributed by atoms with Crippen LogP contribution in [0.25, 0.3) is 0 Å². The molecule has 0 saturated heterocycles.